The highest BCUT2D eigenvalue weighted by Crippen LogP contribution is 2.26. The molecule has 194 valence electrons. The smallest absolute Gasteiger partial charge is 0.264 e. The van der Waals surface area contributed by atoms with Crippen molar-refractivity contribution in [3.63, 3.8) is 0 Å². The first-order chi connectivity index (χ1) is 17.8. The van der Waals surface area contributed by atoms with Gasteiger partial charge in [0.25, 0.3) is 10.0 Å². The predicted octanol–water partition coefficient (Wildman–Crippen LogP) is 4.86. The van der Waals surface area contributed by atoms with Gasteiger partial charge in [0, 0.05) is 32.7 Å². The van der Waals surface area contributed by atoms with E-state index in [0.717, 1.165) is 30.8 Å². The topological polar surface area (TPSA) is 60.9 Å². The van der Waals surface area contributed by atoms with E-state index in [2.05, 4.69) is 43.0 Å². The molecular weight excluding hydrogens is 482 g/mol. The Balaban J connectivity index is 1.43. The molecule has 0 spiro atoms. The number of hydrogen-bond donors (Lipinski definition) is 0. The molecule has 3 aromatic rings. The maximum atomic E-state index is 13.6. The van der Waals surface area contributed by atoms with Gasteiger partial charge in [0.2, 0.25) is 5.91 Å². The molecule has 0 unspecified atom stereocenters. The second kappa shape index (κ2) is 12.2. The molecule has 6 nitrogen and oxygen atoms in total. The fourth-order valence-corrected chi connectivity index (χ4v) is 5.80. The van der Waals surface area contributed by atoms with Crippen molar-refractivity contribution in [2.75, 3.05) is 43.6 Å². The van der Waals surface area contributed by atoms with E-state index in [1.807, 2.05) is 30.3 Å². The van der Waals surface area contributed by atoms with Crippen LogP contribution in [-0.2, 0) is 14.8 Å². The van der Waals surface area contributed by atoms with E-state index in [1.54, 1.807) is 47.4 Å². The van der Waals surface area contributed by atoms with E-state index >= 15 is 0 Å². The monoisotopic (exact) mass is 517 g/mol. The first kappa shape index (κ1) is 26.6. The Labute approximate surface area is 220 Å². The van der Waals surface area contributed by atoms with Crippen molar-refractivity contribution >= 4 is 27.7 Å². The highest BCUT2D eigenvalue weighted by atomic mass is 32.2. The lowest BCUT2D eigenvalue weighted by Gasteiger charge is -2.35. The zero-order chi connectivity index (χ0) is 26.3. The van der Waals surface area contributed by atoms with Gasteiger partial charge in [0.15, 0.2) is 0 Å². The normalized spacial score (nSPS) is 14.8. The number of hydrogen-bond acceptors (Lipinski definition) is 4. The van der Waals surface area contributed by atoms with E-state index in [1.165, 1.54) is 4.31 Å². The molecule has 0 N–H and O–H groups in total. The number of sulfonamides is 1. The molecular formula is C30H35N3O3S. The zero-order valence-electron chi connectivity index (χ0n) is 21.5. The number of nitrogens with zero attached hydrogens (tertiary/aromatic N) is 3. The lowest BCUT2D eigenvalue weighted by atomic mass is 10.0. The summed E-state index contributed by atoms with van der Waals surface area (Å²) in [6.07, 6.45) is 4.25. The Morgan fingerprint density at radius 1 is 0.865 bits per heavy atom. The van der Waals surface area contributed by atoms with Gasteiger partial charge in [-0.25, -0.2) is 8.42 Å². The molecule has 1 aliphatic heterocycles. The second-order valence-electron chi connectivity index (χ2n) is 9.57. The van der Waals surface area contributed by atoms with E-state index in [9.17, 15) is 13.2 Å². The SMILES string of the molecule is CC(C)c1ccc(N(CC(=O)N2CCN(C/C=C/c3ccccc3)CC2)S(=O)(=O)c2ccccc2)cc1. The summed E-state index contributed by atoms with van der Waals surface area (Å²) in [5, 5.41) is 0. The van der Waals surface area contributed by atoms with Crippen LogP contribution < -0.4 is 4.31 Å². The molecule has 1 aliphatic rings. The van der Waals surface area contributed by atoms with Crippen LogP contribution in [0.5, 0.6) is 0 Å². The van der Waals surface area contributed by atoms with Gasteiger partial charge in [0.05, 0.1) is 10.6 Å². The highest BCUT2D eigenvalue weighted by Gasteiger charge is 2.30. The molecule has 1 saturated heterocycles. The minimum Gasteiger partial charge on any atom is -0.339 e. The lowest BCUT2D eigenvalue weighted by Crippen LogP contribution is -2.51. The van der Waals surface area contributed by atoms with Crippen molar-refractivity contribution in [3.05, 3.63) is 102 Å². The van der Waals surface area contributed by atoms with Crippen LogP contribution in [0.1, 0.15) is 30.9 Å². The second-order valence-corrected chi connectivity index (χ2v) is 11.4. The Hall–Kier alpha value is -3.42. The Bertz CT molecular complexity index is 1280. The lowest BCUT2D eigenvalue weighted by molar-refractivity contribution is -0.131. The van der Waals surface area contributed by atoms with Crippen LogP contribution in [0.15, 0.2) is 95.9 Å². The van der Waals surface area contributed by atoms with Gasteiger partial charge in [0.1, 0.15) is 6.54 Å². The third-order valence-electron chi connectivity index (χ3n) is 6.66. The molecule has 37 heavy (non-hydrogen) atoms. The Morgan fingerprint density at radius 3 is 2.05 bits per heavy atom. The number of piperazine rings is 1. The van der Waals surface area contributed by atoms with Crippen molar-refractivity contribution in [2.45, 2.75) is 24.7 Å². The highest BCUT2D eigenvalue weighted by molar-refractivity contribution is 7.92. The Kier molecular flexibility index (Phi) is 8.79. The average Bonchev–Trinajstić information content (AvgIpc) is 2.93. The number of benzene rings is 3. The van der Waals surface area contributed by atoms with E-state index < -0.39 is 10.0 Å². The molecule has 0 atom stereocenters. The number of carbonyl (C=O) groups excluding carboxylic acids is 1. The van der Waals surface area contributed by atoms with Gasteiger partial charge >= 0.3 is 0 Å². The van der Waals surface area contributed by atoms with Gasteiger partial charge in [-0.1, -0.05) is 86.7 Å². The molecule has 1 heterocycles. The zero-order valence-corrected chi connectivity index (χ0v) is 22.3. The summed E-state index contributed by atoms with van der Waals surface area (Å²) in [5.41, 5.74) is 2.77. The van der Waals surface area contributed by atoms with Gasteiger partial charge in [-0.15, -0.1) is 0 Å². The third-order valence-corrected chi connectivity index (χ3v) is 8.44. The average molecular weight is 518 g/mol. The summed E-state index contributed by atoms with van der Waals surface area (Å²) in [7, 11) is -3.90. The first-order valence-corrected chi connectivity index (χ1v) is 14.2. The van der Waals surface area contributed by atoms with Crippen LogP contribution in [0.2, 0.25) is 0 Å². The quantitative estimate of drug-likeness (QED) is 0.407. The van der Waals surface area contributed by atoms with Crippen LogP contribution in [0, 0.1) is 0 Å². The van der Waals surface area contributed by atoms with Gasteiger partial charge in [-0.05, 0) is 41.3 Å². The van der Waals surface area contributed by atoms with Crippen LogP contribution in [0.4, 0.5) is 5.69 Å². The predicted molar refractivity (Wildman–Crippen MR) is 150 cm³/mol. The summed E-state index contributed by atoms with van der Waals surface area (Å²) in [5.74, 6) is 0.139. The summed E-state index contributed by atoms with van der Waals surface area (Å²) in [4.78, 5) is 17.6. The van der Waals surface area contributed by atoms with Crippen LogP contribution in [0.3, 0.4) is 0 Å². The van der Waals surface area contributed by atoms with E-state index in [0.29, 0.717) is 24.7 Å². The van der Waals surface area contributed by atoms with Crippen molar-refractivity contribution < 1.29 is 13.2 Å². The third kappa shape index (κ3) is 6.87. The van der Waals surface area contributed by atoms with Crippen molar-refractivity contribution in [3.8, 4) is 0 Å². The molecule has 4 rings (SSSR count). The van der Waals surface area contributed by atoms with Crippen molar-refractivity contribution in [1.82, 2.24) is 9.80 Å². The summed E-state index contributed by atoms with van der Waals surface area (Å²) >= 11 is 0. The van der Waals surface area contributed by atoms with Gasteiger partial charge in [-0.3, -0.25) is 14.0 Å². The molecule has 3 aromatic carbocycles. The molecule has 0 saturated carbocycles. The fraction of sp³-hybridized carbons (Fsp3) is 0.300. The molecule has 1 amide bonds. The van der Waals surface area contributed by atoms with E-state index in [4.69, 9.17) is 0 Å². The summed E-state index contributed by atoms with van der Waals surface area (Å²) in [6.45, 7) is 7.41. The maximum absolute atomic E-state index is 13.6. The number of carbonyl (C=O) groups is 1. The van der Waals surface area contributed by atoms with Crippen molar-refractivity contribution in [1.29, 1.82) is 0 Å². The maximum Gasteiger partial charge on any atom is 0.264 e. The number of rotatable bonds is 9. The molecule has 0 bridgehead atoms. The summed E-state index contributed by atoms with van der Waals surface area (Å²) in [6, 6.07) is 25.9. The molecule has 0 aromatic heterocycles. The minimum absolute atomic E-state index is 0.172. The van der Waals surface area contributed by atoms with E-state index in [-0.39, 0.29) is 17.3 Å². The van der Waals surface area contributed by atoms with Crippen molar-refractivity contribution in [2.24, 2.45) is 0 Å². The standard InChI is InChI=1S/C30H35N3O3S/c1-25(2)27-15-17-28(18-16-27)33(37(35,36)29-13-7-4-8-14-29)24-30(34)32-22-20-31(21-23-32)19-9-12-26-10-5-3-6-11-26/h3-18,25H,19-24H2,1-2H3/b12-9+. The Morgan fingerprint density at radius 2 is 1.46 bits per heavy atom. The molecule has 7 heteroatoms. The first-order valence-electron chi connectivity index (χ1n) is 12.7. The molecule has 1 fully saturated rings. The van der Waals surface area contributed by atoms with Crippen LogP contribution in [-0.4, -0.2) is 63.4 Å². The van der Waals surface area contributed by atoms with Crippen LogP contribution in [0.25, 0.3) is 6.08 Å². The number of anilines is 1. The fourth-order valence-electron chi connectivity index (χ4n) is 4.36. The van der Waals surface area contributed by atoms with Gasteiger partial charge in [-0.2, -0.15) is 0 Å². The largest absolute Gasteiger partial charge is 0.339 e. The number of amides is 1. The summed E-state index contributed by atoms with van der Waals surface area (Å²) < 4.78 is 28.4. The molecule has 0 aliphatic carbocycles. The van der Waals surface area contributed by atoms with Crippen LogP contribution >= 0.6 is 0 Å². The van der Waals surface area contributed by atoms with Gasteiger partial charge < -0.3 is 4.90 Å². The minimum atomic E-state index is -3.90. The molecule has 0 radical (unpaired) electrons.